The highest BCUT2D eigenvalue weighted by Gasteiger charge is 2.33. The van der Waals surface area contributed by atoms with Gasteiger partial charge in [0.05, 0.1) is 11.6 Å². The second-order valence-corrected chi connectivity index (χ2v) is 8.44. The van der Waals surface area contributed by atoms with Gasteiger partial charge in [-0.2, -0.15) is 13.2 Å². The van der Waals surface area contributed by atoms with Crippen LogP contribution in [0.1, 0.15) is 13.3 Å². The van der Waals surface area contributed by atoms with E-state index in [0.29, 0.717) is 42.2 Å². The average Bonchev–Trinajstić information content (AvgIpc) is 2.68. The van der Waals surface area contributed by atoms with Crippen LogP contribution in [0.15, 0.2) is 58.3 Å². The molecule has 6 nitrogen and oxygen atoms in total. The van der Waals surface area contributed by atoms with Gasteiger partial charge in [-0.25, -0.2) is 0 Å². The second-order valence-electron chi connectivity index (χ2n) is 8.00. The van der Waals surface area contributed by atoms with E-state index in [1.165, 1.54) is 12.2 Å². The van der Waals surface area contributed by atoms with Crippen LogP contribution in [0.4, 0.5) is 13.2 Å². The molecule has 0 aromatic carbocycles. The Kier molecular flexibility index (Phi) is 7.28. The summed E-state index contributed by atoms with van der Waals surface area (Å²) in [4.78, 5) is 26.4. The zero-order valence-corrected chi connectivity index (χ0v) is 18.2. The predicted octanol–water partition coefficient (Wildman–Crippen LogP) is 3.20. The molecule has 172 valence electrons. The Hall–Kier alpha value is -2.81. The normalized spacial score (nSPS) is 22.7. The first-order valence-electron chi connectivity index (χ1n) is 10.1. The SMILES string of the molecule is CC1=CC(=N)/C(=C\NCC2CN(C(=O)C3C=CC(Cl)=CC3)C2)C=C1C(=O)NCC(F)(F)F. The predicted molar refractivity (Wildman–Crippen MR) is 116 cm³/mol. The van der Waals surface area contributed by atoms with E-state index in [0.717, 1.165) is 0 Å². The molecule has 3 N–H and O–H groups in total. The molecule has 0 spiro atoms. The molecular formula is C22H24ClF3N4O2. The molecular weight excluding hydrogens is 445 g/mol. The van der Waals surface area contributed by atoms with Gasteiger partial charge in [0.25, 0.3) is 5.91 Å². The molecule has 32 heavy (non-hydrogen) atoms. The van der Waals surface area contributed by atoms with Crippen molar-refractivity contribution in [3.63, 3.8) is 0 Å². The number of hydrogen-bond donors (Lipinski definition) is 3. The number of alkyl halides is 3. The standard InChI is InChI=1S/C22H24ClF3N4O2/c1-13-6-19(27)16(7-18(13)20(31)29-12-22(24,25)26)9-28-8-14-10-30(11-14)21(32)15-2-4-17(23)5-3-15/h2,4-7,9,14-15,27-28H,3,8,10-12H2,1H3,(H,29,31)/b16-9-,27-19?. The van der Waals surface area contributed by atoms with Crippen molar-refractivity contribution in [3.05, 3.63) is 58.3 Å². The molecule has 1 heterocycles. The van der Waals surface area contributed by atoms with Crippen LogP contribution in [0.5, 0.6) is 0 Å². The van der Waals surface area contributed by atoms with Gasteiger partial charge < -0.3 is 20.9 Å². The highest BCUT2D eigenvalue weighted by molar-refractivity contribution is 6.31. The Morgan fingerprint density at radius 3 is 2.66 bits per heavy atom. The number of nitrogens with one attached hydrogen (secondary N) is 3. The summed E-state index contributed by atoms with van der Waals surface area (Å²) in [6, 6.07) is 0. The first-order chi connectivity index (χ1) is 15.0. The molecule has 0 aromatic heterocycles. The number of carbonyl (C=O) groups excluding carboxylic acids is 2. The number of nitrogens with zero attached hydrogens (tertiary/aromatic N) is 1. The van der Waals surface area contributed by atoms with E-state index < -0.39 is 18.6 Å². The molecule has 0 saturated carbocycles. The van der Waals surface area contributed by atoms with E-state index in [1.807, 2.05) is 17.5 Å². The van der Waals surface area contributed by atoms with Crippen LogP contribution < -0.4 is 10.6 Å². The summed E-state index contributed by atoms with van der Waals surface area (Å²) in [6.45, 7) is 1.96. The average molecular weight is 469 g/mol. The Balaban J connectivity index is 1.49. The third-order valence-corrected chi connectivity index (χ3v) is 5.68. The van der Waals surface area contributed by atoms with Gasteiger partial charge in [-0.15, -0.1) is 0 Å². The molecule has 3 rings (SSSR count). The highest BCUT2D eigenvalue weighted by atomic mass is 35.5. The molecule has 2 amide bonds. The lowest BCUT2D eigenvalue weighted by molar-refractivity contribution is -0.140. The summed E-state index contributed by atoms with van der Waals surface area (Å²) < 4.78 is 37.1. The maximum absolute atomic E-state index is 12.5. The molecule has 3 aliphatic rings. The summed E-state index contributed by atoms with van der Waals surface area (Å²) in [6.07, 6.45) is 5.90. The lowest BCUT2D eigenvalue weighted by Gasteiger charge is -2.41. The van der Waals surface area contributed by atoms with Gasteiger partial charge in [0.2, 0.25) is 5.91 Å². The molecule has 1 aliphatic heterocycles. The summed E-state index contributed by atoms with van der Waals surface area (Å²) in [5.41, 5.74) is 1.07. The number of amides is 2. The largest absolute Gasteiger partial charge is 0.405 e. The van der Waals surface area contributed by atoms with Gasteiger partial charge in [-0.05, 0) is 37.1 Å². The minimum absolute atomic E-state index is 0.0726. The maximum Gasteiger partial charge on any atom is 0.405 e. The van der Waals surface area contributed by atoms with E-state index in [1.54, 1.807) is 24.1 Å². The fraction of sp³-hybridized carbons (Fsp3) is 0.409. The topological polar surface area (TPSA) is 85.3 Å². The van der Waals surface area contributed by atoms with E-state index in [2.05, 4.69) is 5.32 Å². The van der Waals surface area contributed by atoms with Crippen LogP contribution >= 0.6 is 11.6 Å². The first-order valence-corrected chi connectivity index (χ1v) is 10.5. The second kappa shape index (κ2) is 9.77. The van der Waals surface area contributed by atoms with Crippen molar-refractivity contribution in [2.24, 2.45) is 11.8 Å². The van der Waals surface area contributed by atoms with E-state index in [4.69, 9.17) is 17.0 Å². The van der Waals surface area contributed by atoms with Crippen LogP contribution in [-0.4, -0.2) is 54.8 Å². The summed E-state index contributed by atoms with van der Waals surface area (Å²) >= 11 is 5.88. The van der Waals surface area contributed by atoms with Gasteiger partial charge in [0.1, 0.15) is 6.54 Å². The third-order valence-electron chi connectivity index (χ3n) is 5.40. The fourth-order valence-electron chi connectivity index (χ4n) is 3.59. The zero-order chi connectivity index (χ0) is 23.5. The van der Waals surface area contributed by atoms with Gasteiger partial charge in [0, 0.05) is 47.9 Å². The Bertz CT molecular complexity index is 957. The summed E-state index contributed by atoms with van der Waals surface area (Å²) in [5.74, 6) is -0.701. The number of carbonyl (C=O) groups is 2. The third kappa shape index (κ3) is 6.12. The van der Waals surface area contributed by atoms with Crippen molar-refractivity contribution in [2.75, 3.05) is 26.2 Å². The van der Waals surface area contributed by atoms with E-state index in [-0.39, 0.29) is 29.0 Å². The van der Waals surface area contributed by atoms with Crippen molar-refractivity contribution in [2.45, 2.75) is 19.5 Å². The number of allylic oxidation sites excluding steroid dienone is 6. The van der Waals surface area contributed by atoms with Crippen molar-refractivity contribution < 1.29 is 22.8 Å². The summed E-state index contributed by atoms with van der Waals surface area (Å²) in [5, 5.41) is 13.6. The van der Waals surface area contributed by atoms with Crippen LogP contribution in [-0.2, 0) is 9.59 Å². The van der Waals surface area contributed by atoms with Gasteiger partial charge in [0.15, 0.2) is 0 Å². The molecule has 1 fully saturated rings. The molecule has 10 heteroatoms. The molecule has 0 aromatic rings. The summed E-state index contributed by atoms with van der Waals surface area (Å²) in [7, 11) is 0. The van der Waals surface area contributed by atoms with E-state index in [9.17, 15) is 22.8 Å². The van der Waals surface area contributed by atoms with Crippen LogP contribution in [0.25, 0.3) is 0 Å². The zero-order valence-electron chi connectivity index (χ0n) is 17.4. The van der Waals surface area contributed by atoms with Crippen LogP contribution in [0.3, 0.4) is 0 Å². The highest BCUT2D eigenvalue weighted by Crippen LogP contribution is 2.25. The molecule has 1 saturated heterocycles. The number of hydrogen-bond acceptors (Lipinski definition) is 4. The first kappa shape index (κ1) is 23.8. The molecule has 0 radical (unpaired) electrons. The number of rotatable bonds is 6. The van der Waals surface area contributed by atoms with Crippen LogP contribution in [0, 0.1) is 17.2 Å². The molecule has 1 atom stereocenters. The quantitative estimate of drug-likeness (QED) is 0.559. The van der Waals surface area contributed by atoms with E-state index >= 15 is 0 Å². The van der Waals surface area contributed by atoms with Gasteiger partial charge in [-0.1, -0.05) is 23.8 Å². The number of halogens is 4. The van der Waals surface area contributed by atoms with Crippen molar-refractivity contribution in [1.29, 1.82) is 5.41 Å². The van der Waals surface area contributed by atoms with Gasteiger partial charge >= 0.3 is 6.18 Å². The molecule has 1 unspecified atom stereocenters. The lowest BCUT2D eigenvalue weighted by Crippen LogP contribution is -2.54. The fourth-order valence-corrected chi connectivity index (χ4v) is 3.75. The van der Waals surface area contributed by atoms with Crippen molar-refractivity contribution in [3.8, 4) is 0 Å². The Morgan fingerprint density at radius 2 is 2.03 bits per heavy atom. The van der Waals surface area contributed by atoms with Crippen molar-refractivity contribution >= 4 is 29.1 Å². The lowest BCUT2D eigenvalue weighted by atomic mass is 9.93. The number of likely N-dealkylation sites (tertiary alicyclic amines) is 1. The Morgan fingerprint density at radius 1 is 1.31 bits per heavy atom. The van der Waals surface area contributed by atoms with Crippen LogP contribution in [0.2, 0.25) is 0 Å². The maximum atomic E-state index is 12.5. The molecule has 2 aliphatic carbocycles. The van der Waals surface area contributed by atoms with Gasteiger partial charge in [-0.3, -0.25) is 9.59 Å². The smallest absolute Gasteiger partial charge is 0.390 e. The van der Waals surface area contributed by atoms with Crippen molar-refractivity contribution in [1.82, 2.24) is 15.5 Å². The minimum Gasteiger partial charge on any atom is -0.390 e. The minimum atomic E-state index is -4.50. The monoisotopic (exact) mass is 468 g/mol. The Labute approximate surface area is 189 Å². The molecule has 0 bridgehead atoms.